The molecule has 0 aromatic carbocycles. The molecule has 0 amide bonds. The highest BCUT2D eigenvalue weighted by atomic mass is 19.4. The zero-order valence-corrected chi connectivity index (χ0v) is 11.2. The maximum Gasteiger partial charge on any atom is 0.411 e. The molecule has 0 aliphatic carbocycles. The highest BCUT2D eigenvalue weighted by Crippen LogP contribution is 2.14. The number of rotatable bonds is 8. The molecular formula is C12H20F3N3O. The average Bonchev–Trinajstić information content (AvgIpc) is 2.69. The van der Waals surface area contributed by atoms with Gasteiger partial charge in [-0.05, 0) is 13.0 Å². The number of nitrogens with zero attached hydrogens (tertiary/aromatic N) is 2. The van der Waals surface area contributed by atoms with Gasteiger partial charge in [-0.2, -0.15) is 13.2 Å². The van der Waals surface area contributed by atoms with Crippen LogP contribution in [0.4, 0.5) is 13.2 Å². The van der Waals surface area contributed by atoms with Crippen LogP contribution in [-0.4, -0.2) is 41.5 Å². The monoisotopic (exact) mass is 279 g/mol. The molecule has 1 aromatic heterocycles. The Morgan fingerprint density at radius 3 is 2.74 bits per heavy atom. The minimum atomic E-state index is -4.26. The molecule has 0 aliphatic heterocycles. The molecule has 19 heavy (non-hydrogen) atoms. The zero-order chi connectivity index (χ0) is 14.3. The minimum Gasteiger partial charge on any atom is -0.372 e. The smallest absolute Gasteiger partial charge is 0.372 e. The summed E-state index contributed by atoms with van der Waals surface area (Å²) in [5.41, 5.74) is 0. The van der Waals surface area contributed by atoms with Gasteiger partial charge in [0.05, 0.1) is 0 Å². The number of likely N-dealkylation sites (N-methyl/N-ethyl adjacent to an activating group) is 1. The van der Waals surface area contributed by atoms with E-state index in [1.54, 1.807) is 6.20 Å². The van der Waals surface area contributed by atoms with E-state index >= 15 is 0 Å². The highest BCUT2D eigenvalue weighted by Gasteiger charge is 2.27. The summed E-state index contributed by atoms with van der Waals surface area (Å²) in [5.74, 6) is 0.904. The van der Waals surface area contributed by atoms with Crippen LogP contribution in [0.5, 0.6) is 0 Å². The van der Waals surface area contributed by atoms with Crippen LogP contribution in [0.25, 0.3) is 0 Å². The first kappa shape index (κ1) is 16.0. The molecule has 1 heterocycles. The maximum absolute atomic E-state index is 11.9. The third-order valence-corrected chi connectivity index (χ3v) is 2.72. The van der Waals surface area contributed by atoms with E-state index in [1.807, 2.05) is 24.7 Å². The van der Waals surface area contributed by atoms with Crippen LogP contribution in [0.3, 0.4) is 0 Å². The summed E-state index contributed by atoms with van der Waals surface area (Å²) in [7, 11) is 1.89. The molecule has 1 aromatic rings. The predicted molar refractivity (Wildman–Crippen MR) is 65.9 cm³/mol. The molecule has 0 spiro atoms. The number of nitrogens with one attached hydrogen (secondary N) is 1. The Morgan fingerprint density at radius 1 is 1.47 bits per heavy atom. The molecule has 0 radical (unpaired) electrons. The van der Waals surface area contributed by atoms with Crippen LogP contribution < -0.4 is 5.32 Å². The van der Waals surface area contributed by atoms with Gasteiger partial charge in [0.15, 0.2) is 0 Å². The average molecular weight is 279 g/mol. The fraction of sp³-hybridized carbons (Fsp3) is 0.750. The lowest BCUT2D eigenvalue weighted by Crippen LogP contribution is -2.33. The Bertz CT molecular complexity index is 365. The van der Waals surface area contributed by atoms with Crippen molar-refractivity contribution in [3.8, 4) is 0 Å². The van der Waals surface area contributed by atoms with Gasteiger partial charge in [-0.15, -0.1) is 0 Å². The quantitative estimate of drug-likeness (QED) is 0.739. The summed E-state index contributed by atoms with van der Waals surface area (Å²) in [6, 6.07) is 0.0688. The van der Waals surface area contributed by atoms with E-state index in [-0.39, 0.29) is 12.6 Å². The van der Waals surface area contributed by atoms with E-state index in [1.165, 1.54) is 0 Å². The van der Waals surface area contributed by atoms with Crippen LogP contribution in [0.15, 0.2) is 12.4 Å². The first-order valence-electron chi connectivity index (χ1n) is 6.26. The molecule has 0 fully saturated rings. The van der Waals surface area contributed by atoms with Gasteiger partial charge in [0.1, 0.15) is 12.4 Å². The lowest BCUT2D eigenvalue weighted by atomic mass is 10.1. The standard InChI is InChI=1S/C12H20F3N3O/c1-3-16-10(4-7-19-9-12(13,14)15)8-11-17-5-6-18(11)2/h5-6,10,16H,3-4,7-9H2,1-2H3. The molecule has 0 aliphatic rings. The molecule has 110 valence electrons. The van der Waals surface area contributed by atoms with Crippen molar-refractivity contribution >= 4 is 0 Å². The number of ether oxygens (including phenoxy) is 1. The summed E-state index contributed by atoms with van der Waals surface area (Å²) >= 11 is 0. The Kier molecular flexibility index (Phi) is 6.30. The van der Waals surface area contributed by atoms with Crippen molar-refractivity contribution in [1.29, 1.82) is 0 Å². The van der Waals surface area contributed by atoms with Crippen molar-refractivity contribution < 1.29 is 17.9 Å². The number of hydrogen-bond donors (Lipinski definition) is 1. The number of aryl methyl sites for hydroxylation is 1. The minimum absolute atomic E-state index is 0.0688. The van der Waals surface area contributed by atoms with Crippen molar-refractivity contribution in [1.82, 2.24) is 14.9 Å². The molecule has 1 rings (SSSR count). The van der Waals surface area contributed by atoms with Crippen LogP contribution in [0.2, 0.25) is 0 Å². The van der Waals surface area contributed by atoms with Gasteiger partial charge in [0.25, 0.3) is 0 Å². The Morgan fingerprint density at radius 2 is 2.21 bits per heavy atom. The fourth-order valence-corrected chi connectivity index (χ4v) is 1.79. The van der Waals surface area contributed by atoms with Crippen LogP contribution in [-0.2, 0) is 18.2 Å². The molecule has 1 N–H and O–H groups in total. The van der Waals surface area contributed by atoms with E-state index in [2.05, 4.69) is 15.0 Å². The van der Waals surface area contributed by atoms with Crippen molar-refractivity contribution in [2.75, 3.05) is 19.8 Å². The van der Waals surface area contributed by atoms with E-state index in [0.29, 0.717) is 12.8 Å². The molecular weight excluding hydrogens is 259 g/mol. The molecule has 0 bridgehead atoms. The second-order valence-electron chi connectivity index (χ2n) is 4.37. The largest absolute Gasteiger partial charge is 0.411 e. The van der Waals surface area contributed by atoms with Crippen LogP contribution >= 0.6 is 0 Å². The van der Waals surface area contributed by atoms with Gasteiger partial charge in [0.2, 0.25) is 0 Å². The van der Waals surface area contributed by atoms with E-state index in [9.17, 15) is 13.2 Å². The number of halogens is 3. The summed E-state index contributed by atoms with van der Waals surface area (Å²) in [4.78, 5) is 4.21. The zero-order valence-electron chi connectivity index (χ0n) is 11.2. The van der Waals surface area contributed by atoms with Crippen molar-refractivity contribution in [3.63, 3.8) is 0 Å². The Labute approximate surface area is 111 Å². The summed E-state index contributed by atoms with van der Waals surface area (Å²) in [6.45, 7) is 1.62. The van der Waals surface area contributed by atoms with Gasteiger partial charge in [-0.3, -0.25) is 0 Å². The van der Waals surface area contributed by atoms with Gasteiger partial charge >= 0.3 is 6.18 Å². The molecule has 0 saturated heterocycles. The van der Waals surface area contributed by atoms with E-state index < -0.39 is 12.8 Å². The van der Waals surface area contributed by atoms with Crippen LogP contribution in [0, 0.1) is 0 Å². The second-order valence-corrected chi connectivity index (χ2v) is 4.37. The van der Waals surface area contributed by atoms with Crippen molar-refractivity contribution in [2.45, 2.75) is 32.0 Å². The third-order valence-electron chi connectivity index (χ3n) is 2.72. The van der Waals surface area contributed by atoms with Crippen molar-refractivity contribution in [2.24, 2.45) is 7.05 Å². The lowest BCUT2D eigenvalue weighted by molar-refractivity contribution is -0.174. The van der Waals surface area contributed by atoms with E-state index in [4.69, 9.17) is 0 Å². The summed E-state index contributed by atoms with van der Waals surface area (Å²) in [5, 5.41) is 3.23. The first-order chi connectivity index (χ1) is 8.92. The molecule has 1 atom stereocenters. The number of alkyl halides is 3. The Balaban J connectivity index is 2.34. The summed E-state index contributed by atoms with van der Waals surface area (Å²) in [6.07, 6.45) is 0.494. The van der Waals surface area contributed by atoms with Crippen molar-refractivity contribution in [3.05, 3.63) is 18.2 Å². The van der Waals surface area contributed by atoms with E-state index in [0.717, 1.165) is 12.4 Å². The number of hydrogen-bond acceptors (Lipinski definition) is 3. The summed E-state index contributed by atoms with van der Waals surface area (Å²) < 4.78 is 42.3. The molecule has 4 nitrogen and oxygen atoms in total. The van der Waals surface area contributed by atoms with Gasteiger partial charge < -0.3 is 14.6 Å². The topological polar surface area (TPSA) is 39.1 Å². The van der Waals surface area contributed by atoms with Gasteiger partial charge in [0, 0.05) is 38.5 Å². The predicted octanol–water partition coefficient (Wildman–Crippen LogP) is 1.91. The molecule has 7 heteroatoms. The second kappa shape index (κ2) is 7.49. The SMILES string of the molecule is CCNC(CCOCC(F)(F)F)Cc1nccn1C. The third kappa shape index (κ3) is 6.58. The molecule has 0 saturated carbocycles. The fourth-order valence-electron chi connectivity index (χ4n) is 1.79. The molecule has 1 unspecified atom stereocenters. The lowest BCUT2D eigenvalue weighted by Gasteiger charge is -2.18. The first-order valence-corrected chi connectivity index (χ1v) is 6.26. The number of imidazole rings is 1. The normalized spacial score (nSPS) is 13.7. The Hall–Kier alpha value is -1.08. The van der Waals surface area contributed by atoms with Crippen LogP contribution in [0.1, 0.15) is 19.2 Å². The van der Waals surface area contributed by atoms with Gasteiger partial charge in [-0.25, -0.2) is 4.98 Å². The maximum atomic E-state index is 11.9. The number of aromatic nitrogens is 2. The van der Waals surface area contributed by atoms with Gasteiger partial charge in [-0.1, -0.05) is 6.92 Å². The highest BCUT2D eigenvalue weighted by molar-refractivity contribution is 4.94.